The van der Waals surface area contributed by atoms with E-state index in [1.807, 2.05) is 54.6 Å². The Balaban J connectivity index is 1.83. The third-order valence-corrected chi connectivity index (χ3v) is 3.55. The highest BCUT2D eigenvalue weighted by Crippen LogP contribution is 2.25. The summed E-state index contributed by atoms with van der Waals surface area (Å²) in [6.07, 6.45) is 0. The maximum atomic E-state index is 9.10. The molecule has 0 saturated heterocycles. The summed E-state index contributed by atoms with van der Waals surface area (Å²) in [4.78, 5) is 0. The SMILES string of the molecule is COc1ccc2ccc(OCc3ccccc3C#N)cc2c1. The number of hydrogen-bond donors (Lipinski definition) is 0. The van der Waals surface area contributed by atoms with E-state index in [4.69, 9.17) is 14.7 Å². The first-order valence-corrected chi connectivity index (χ1v) is 6.99. The Morgan fingerprint density at radius 2 is 1.64 bits per heavy atom. The fraction of sp³-hybridized carbons (Fsp3) is 0.105. The third kappa shape index (κ3) is 2.87. The predicted molar refractivity (Wildman–Crippen MR) is 86.0 cm³/mol. The highest BCUT2D eigenvalue weighted by molar-refractivity contribution is 5.85. The van der Waals surface area contributed by atoms with Crippen molar-refractivity contribution in [3.8, 4) is 17.6 Å². The Morgan fingerprint density at radius 3 is 2.41 bits per heavy atom. The van der Waals surface area contributed by atoms with E-state index in [0.29, 0.717) is 12.2 Å². The molecule has 0 amide bonds. The van der Waals surface area contributed by atoms with Crippen molar-refractivity contribution in [2.75, 3.05) is 7.11 Å². The number of nitriles is 1. The molecule has 3 aromatic carbocycles. The van der Waals surface area contributed by atoms with Gasteiger partial charge in [-0.15, -0.1) is 0 Å². The average molecular weight is 289 g/mol. The molecule has 0 atom stereocenters. The summed E-state index contributed by atoms with van der Waals surface area (Å²) < 4.78 is 11.1. The first kappa shape index (κ1) is 14.0. The van der Waals surface area contributed by atoms with Crippen LogP contribution in [0.15, 0.2) is 60.7 Å². The van der Waals surface area contributed by atoms with E-state index in [-0.39, 0.29) is 0 Å². The summed E-state index contributed by atoms with van der Waals surface area (Å²) in [5.74, 6) is 1.59. The molecule has 0 fully saturated rings. The summed E-state index contributed by atoms with van der Waals surface area (Å²) in [5.41, 5.74) is 1.53. The highest BCUT2D eigenvalue weighted by atomic mass is 16.5. The Kier molecular flexibility index (Phi) is 3.93. The second-order valence-corrected chi connectivity index (χ2v) is 4.93. The molecule has 3 heteroatoms. The van der Waals surface area contributed by atoms with Crippen molar-refractivity contribution in [2.24, 2.45) is 0 Å². The summed E-state index contributed by atoms with van der Waals surface area (Å²) in [6, 6.07) is 21.5. The van der Waals surface area contributed by atoms with E-state index in [1.165, 1.54) is 0 Å². The minimum atomic E-state index is 0.374. The lowest BCUT2D eigenvalue weighted by atomic mass is 10.1. The second-order valence-electron chi connectivity index (χ2n) is 4.93. The Bertz CT molecular complexity index is 849. The first-order chi connectivity index (χ1) is 10.8. The van der Waals surface area contributed by atoms with Gasteiger partial charge in [-0.05, 0) is 41.1 Å². The van der Waals surface area contributed by atoms with Gasteiger partial charge in [-0.1, -0.05) is 30.3 Å². The van der Waals surface area contributed by atoms with E-state index >= 15 is 0 Å². The standard InChI is InChI=1S/C19H15NO2/c1-21-18-8-6-14-7-9-19(11-17(14)10-18)22-13-16-5-3-2-4-15(16)12-20/h2-11H,13H2,1H3. The van der Waals surface area contributed by atoms with Gasteiger partial charge in [0.25, 0.3) is 0 Å². The highest BCUT2D eigenvalue weighted by Gasteiger charge is 2.03. The fourth-order valence-corrected chi connectivity index (χ4v) is 2.34. The van der Waals surface area contributed by atoms with Gasteiger partial charge >= 0.3 is 0 Å². The summed E-state index contributed by atoms with van der Waals surface area (Å²) >= 11 is 0. The van der Waals surface area contributed by atoms with Crippen molar-refractivity contribution in [1.29, 1.82) is 5.26 Å². The van der Waals surface area contributed by atoms with Crippen molar-refractivity contribution < 1.29 is 9.47 Å². The smallest absolute Gasteiger partial charge is 0.120 e. The monoisotopic (exact) mass is 289 g/mol. The van der Waals surface area contributed by atoms with Crippen LogP contribution in [0.25, 0.3) is 10.8 Å². The Hall–Kier alpha value is -2.99. The lowest BCUT2D eigenvalue weighted by Gasteiger charge is -2.09. The molecule has 0 bridgehead atoms. The molecule has 0 aromatic heterocycles. The summed E-state index contributed by atoms with van der Waals surface area (Å²) in [6.45, 7) is 0.374. The van der Waals surface area contributed by atoms with E-state index in [1.54, 1.807) is 13.2 Å². The molecule has 22 heavy (non-hydrogen) atoms. The number of hydrogen-bond acceptors (Lipinski definition) is 3. The van der Waals surface area contributed by atoms with Gasteiger partial charge in [0, 0.05) is 5.56 Å². The Morgan fingerprint density at radius 1 is 0.909 bits per heavy atom. The van der Waals surface area contributed by atoms with E-state index < -0.39 is 0 Å². The molecular weight excluding hydrogens is 274 g/mol. The van der Waals surface area contributed by atoms with Gasteiger partial charge < -0.3 is 9.47 Å². The zero-order chi connectivity index (χ0) is 15.4. The Labute approximate surface area is 129 Å². The maximum absolute atomic E-state index is 9.10. The molecule has 0 aliphatic rings. The molecule has 3 nitrogen and oxygen atoms in total. The zero-order valence-corrected chi connectivity index (χ0v) is 12.2. The van der Waals surface area contributed by atoms with Crippen LogP contribution in [0.2, 0.25) is 0 Å². The van der Waals surface area contributed by atoms with E-state index in [9.17, 15) is 0 Å². The molecule has 3 aromatic rings. The predicted octanol–water partition coefficient (Wildman–Crippen LogP) is 4.30. The molecule has 0 saturated carbocycles. The van der Waals surface area contributed by atoms with Crippen LogP contribution in [0.3, 0.4) is 0 Å². The topological polar surface area (TPSA) is 42.2 Å². The molecule has 0 N–H and O–H groups in total. The zero-order valence-electron chi connectivity index (χ0n) is 12.2. The van der Waals surface area contributed by atoms with Crippen molar-refractivity contribution in [3.63, 3.8) is 0 Å². The quantitative estimate of drug-likeness (QED) is 0.719. The van der Waals surface area contributed by atoms with Crippen LogP contribution in [-0.4, -0.2) is 7.11 Å². The van der Waals surface area contributed by atoms with Crippen LogP contribution in [0.4, 0.5) is 0 Å². The molecule has 0 radical (unpaired) electrons. The van der Waals surface area contributed by atoms with Gasteiger partial charge in [0.1, 0.15) is 18.1 Å². The first-order valence-electron chi connectivity index (χ1n) is 6.99. The second kappa shape index (κ2) is 6.19. The molecule has 0 unspecified atom stereocenters. The number of benzene rings is 3. The summed E-state index contributed by atoms with van der Waals surface area (Å²) in [7, 11) is 1.65. The lowest BCUT2D eigenvalue weighted by molar-refractivity contribution is 0.306. The van der Waals surface area contributed by atoms with Crippen LogP contribution in [0, 0.1) is 11.3 Å². The maximum Gasteiger partial charge on any atom is 0.120 e. The van der Waals surface area contributed by atoms with Crippen LogP contribution < -0.4 is 9.47 Å². The molecule has 3 rings (SSSR count). The molecule has 0 heterocycles. The van der Waals surface area contributed by atoms with E-state index in [2.05, 4.69) is 6.07 Å². The fourth-order valence-electron chi connectivity index (χ4n) is 2.34. The van der Waals surface area contributed by atoms with E-state index in [0.717, 1.165) is 27.8 Å². The van der Waals surface area contributed by atoms with Crippen molar-refractivity contribution in [2.45, 2.75) is 6.61 Å². The molecule has 0 aliphatic carbocycles. The number of nitrogens with zero attached hydrogens (tertiary/aromatic N) is 1. The van der Waals surface area contributed by atoms with Gasteiger partial charge in [-0.3, -0.25) is 0 Å². The van der Waals surface area contributed by atoms with Crippen molar-refractivity contribution >= 4 is 10.8 Å². The van der Waals surface area contributed by atoms with Crippen molar-refractivity contribution in [3.05, 3.63) is 71.8 Å². The number of fused-ring (bicyclic) bond motifs is 1. The van der Waals surface area contributed by atoms with Gasteiger partial charge in [0.15, 0.2) is 0 Å². The normalized spacial score (nSPS) is 10.2. The van der Waals surface area contributed by atoms with Gasteiger partial charge in [-0.2, -0.15) is 5.26 Å². The van der Waals surface area contributed by atoms with Crippen LogP contribution in [0.5, 0.6) is 11.5 Å². The third-order valence-electron chi connectivity index (χ3n) is 3.55. The minimum absolute atomic E-state index is 0.374. The molecular formula is C19H15NO2. The lowest BCUT2D eigenvalue weighted by Crippen LogP contribution is -1.98. The average Bonchev–Trinajstić information content (AvgIpc) is 2.59. The number of methoxy groups -OCH3 is 1. The van der Waals surface area contributed by atoms with Gasteiger partial charge in [0.05, 0.1) is 18.7 Å². The van der Waals surface area contributed by atoms with Gasteiger partial charge in [0.2, 0.25) is 0 Å². The number of rotatable bonds is 4. The minimum Gasteiger partial charge on any atom is -0.497 e. The largest absolute Gasteiger partial charge is 0.497 e. The van der Waals surface area contributed by atoms with Crippen molar-refractivity contribution in [1.82, 2.24) is 0 Å². The molecule has 108 valence electrons. The van der Waals surface area contributed by atoms with Crippen LogP contribution in [0.1, 0.15) is 11.1 Å². The number of ether oxygens (including phenoxy) is 2. The van der Waals surface area contributed by atoms with Gasteiger partial charge in [-0.25, -0.2) is 0 Å². The summed E-state index contributed by atoms with van der Waals surface area (Å²) in [5, 5.41) is 11.3. The van der Waals surface area contributed by atoms with Crippen LogP contribution >= 0.6 is 0 Å². The molecule has 0 aliphatic heterocycles. The molecule has 0 spiro atoms. The van der Waals surface area contributed by atoms with Crippen LogP contribution in [-0.2, 0) is 6.61 Å².